The smallest absolute Gasteiger partial charge is 0.0865 e. The first kappa shape index (κ1) is 14.1. The van der Waals surface area contributed by atoms with Crippen LogP contribution in [-0.4, -0.2) is 23.9 Å². The van der Waals surface area contributed by atoms with Crippen molar-refractivity contribution in [3.63, 3.8) is 0 Å². The topological polar surface area (TPSA) is 29.5 Å². The van der Waals surface area contributed by atoms with Gasteiger partial charge < -0.3 is 9.84 Å². The number of benzene rings is 1. The summed E-state index contributed by atoms with van der Waals surface area (Å²) in [6.07, 6.45) is 2.08. The highest BCUT2D eigenvalue weighted by atomic mass is 35.5. The van der Waals surface area contributed by atoms with Crippen molar-refractivity contribution in [3.05, 3.63) is 33.8 Å². The molecule has 0 spiro atoms. The van der Waals surface area contributed by atoms with E-state index in [0.717, 1.165) is 18.4 Å². The van der Waals surface area contributed by atoms with Gasteiger partial charge in [-0.2, -0.15) is 0 Å². The number of halogens is 2. The van der Waals surface area contributed by atoms with Crippen LogP contribution in [0.5, 0.6) is 0 Å². The zero-order valence-electron chi connectivity index (χ0n) is 10.4. The summed E-state index contributed by atoms with van der Waals surface area (Å²) in [4.78, 5) is 0. The quantitative estimate of drug-likeness (QED) is 0.865. The number of aliphatic hydroxyl groups is 1. The molecule has 1 saturated carbocycles. The lowest BCUT2D eigenvalue weighted by atomic mass is 10.0. The zero-order valence-corrected chi connectivity index (χ0v) is 11.9. The highest BCUT2D eigenvalue weighted by molar-refractivity contribution is 6.35. The van der Waals surface area contributed by atoms with Crippen LogP contribution < -0.4 is 0 Å². The second-order valence-corrected chi connectivity index (χ2v) is 5.54. The molecule has 1 N–H and O–H groups in total. The Bertz CT molecular complexity index is 385. The third kappa shape index (κ3) is 3.39. The van der Waals surface area contributed by atoms with Crippen LogP contribution in [0.15, 0.2) is 18.2 Å². The number of hydrogen-bond acceptors (Lipinski definition) is 2. The van der Waals surface area contributed by atoms with Crippen LogP contribution in [0.2, 0.25) is 10.0 Å². The molecule has 100 valence electrons. The molecule has 0 radical (unpaired) electrons. The van der Waals surface area contributed by atoms with E-state index in [-0.39, 0.29) is 6.10 Å². The summed E-state index contributed by atoms with van der Waals surface area (Å²) in [5, 5.41) is 11.5. The van der Waals surface area contributed by atoms with E-state index in [2.05, 4.69) is 0 Å². The number of ether oxygens (including phenoxy) is 1. The fourth-order valence-corrected chi connectivity index (χ4v) is 2.78. The maximum atomic E-state index is 10.3. The lowest BCUT2D eigenvalue weighted by Crippen LogP contribution is -2.33. The molecule has 1 aromatic rings. The molecule has 4 heteroatoms. The molecule has 2 atom stereocenters. The number of rotatable bonds is 6. The first-order chi connectivity index (χ1) is 8.63. The molecule has 2 nitrogen and oxygen atoms in total. The Morgan fingerprint density at radius 2 is 1.94 bits per heavy atom. The predicted molar refractivity (Wildman–Crippen MR) is 74.3 cm³/mol. The minimum absolute atomic E-state index is 0.0951. The monoisotopic (exact) mass is 288 g/mol. The lowest BCUT2D eigenvalue weighted by molar-refractivity contribution is -0.0439. The Kier molecular flexibility index (Phi) is 4.91. The van der Waals surface area contributed by atoms with Gasteiger partial charge in [0, 0.05) is 23.1 Å². The lowest BCUT2D eigenvalue weighted by Gasteiger charge is -2.23. The molecule has 0 amide bonds. The second kappa shape index (κ2) is 6.25. The summed E-state index contributed by atoms with van der Waals surface area (Å²) in [6.45, 7) is 2.57. The SMILES string of the molecule is CCOC(C(O)Cc1c(Cl)cccc1Cl)C1CC1. The van der Waals surface area contributed by atoms with Crippen LogP contribution in [-0.2, 0) is 11.2 Å². The summed E-state index contributed by atoms with van der Waals surface area (Å²) in [5.41, 5.74) is 0.804. The van der Waals surface area contributed by atoms with E-state index in [4.69, 9.17) is 27.9 Å². The molecule has 2 unspecified atom stereocenters. The van der Waals surface area contributed by atoms with Gasteiger partial charge in [0.2, 0.25) is 0 Å². The fraction of sp³-hybridized carbons (Fsp3) is 0.571. The fourth-order valence-electron chi connectivity index (χ4n) is 2.23. The largest absolute Gasteiger partial charge is 0.390 e. The van der Waals surface area contributed by atoms with E-state index in [1.165, 1.54) is 0 Å². The van der Waals surface area contributed by atoms with Crippen molar-refractivity contribution in [1.82, 2.24) is 0 Å². The van der Waals surface area contributed by atoms with Crippen molar-refractivity contribution in [3.8, 4) is 0 Å². The van der Waals surface area contributed by atoms with E-state index in [1.807, 2.05) is 13.0 Å². The first-order valence-electron chi connectivity index (χ1n) is 6.36. The standard InChI is InChI=1S/C14H18Cl2O2/c1-2-18-14(9-6-7-9)13(17)8-10-11(15)4-3-5-12(10)16/h3-5,9,13-14,17H,2,6-8H2,1H3. The van der Waals surface area contributed by atoms with Crippen molar-refractivity contribution in [2.45, 2.75) is 38.4 Å². The van der Waals surface area contributed by atoms with Gasteiger partial charge in [0.05, 0.1) is 12.2 Å². The Labute approximate surface area is 118 Å². The molecule has 2 rings (SSSR count). The average Bonchev–Trinajstić information content (AvgIpc) is 3.15. The highest BCUT2D eigenvalue weighted by Crippen LogP contribution is 2.37. The Hall–Kier alpha value is -0.280. The maximum absolute atomic E-state index is 10.3. The molecule has 18 heavy (non-hydrogen) atoms. The van der Waals surface area contributed by atoms with Crippen molar-refractivity contribution in [2.75, 3.05) is 6.61 Å². The van der Waals surface area contributed by atoms with Gasteiger partial charge in [0.25, 0.3) is 0 Å². The maximum Gasteiger partial charge on any atom is 0.0865 e. The van der Waals surface area contributed by atoms with E-state index < -0.39 is 6.10 Å². The predicted octanol–water partition coefficient (Wildman–Crippen LogP) is 3.71. The van der Waals surface area contributed by atoms with Crippen LogP contribution >= 0.6 is 23.2 Å². The van der Waals surface area contributed by atoms with Crippen LogP contribution in [0.3, 0.4) is 0 Å². The molecular weight excluding hydrogens is 271 g/mol. The van der Waals surface area contributed by atoms with Crippen molar-refractivity contribution >= 4 is 23.2 Å². The van der Waals surface area contributed by atoms with E-state index >= 15 is 0 Å². The number of aliphatic hydroxyl groups excluding tert-OH is 1. The van der Waals surface area contributed by atoms with Gasteiger partial charge >= 0.3 is 0 Å². The molecule has 0 aliphatic heterocycles. The van der Waals surface area contributed by atoms with Crippen LogP contribution in [0.4, 0.5) is 0 Å². The Morgan fingerprint density at radius 1 is 1.33 bits per heavy atom. The molecule has 0 saturated heterocycles. The van der Waals surface area contributed by atoms with Gasteiger partial charge in [-0.05, 0) is 43.4 Å². The minimum atomic E-state index is -0.546. The summed E-state index contributed by atoms with van der Waals surface area (Å²) in [6, 6.07) is 5.39. The van der Waals surface area contributed by atoms with Crippen molar-refractivity contribution in [2.24, 2.45) is 5.92 Å². The van der Waals surface area contributed by atoms with Crippen molar-refractivity contribution in [1.29, 1.82) is 0 Å². The molecule has 0 heterocycles. The molecule has 1 aromatic carbocycles. The number of hydrogen-bond donors (Lipinski definition) is 1. The van der Waals surface area contributed by atoms with Gasteiger partial charge in [0.1, 0.15) is 0 Å². The summed E-state index contributed by atoms with van der Waals surface area (Å²) in [5.74, 6) is 0.487. The zero-order chi connectivity index (χ0) is 13.1. The van der Waals surface area contributed by atoms with E-state index in [0.29, 0.717) is 29.0 Å². The van der Waals surface area contributed by atoms with Crippen molar-refractivity contribution < 1.29 is 9.84 Å². The first-order valence-corrected chi connectivity index (χ1v) is 7.11. The third-order valence-electron chi connectivity index (χ3n) is 3.30. The molecule has 1 aliphatic rings. The Balaban J connectivity index is 2.07. The Morgan fingerprint density at radius 3 is 2.44 bits per heavy atom. The normalized spacial score (nSPS) is 18.7. The molecular formula is C14H18Cl2O2. The summed E-state index contributed by atoms with van der Waals surface area (Å²) < 4.78 is 5.64. The van der Waals surface area contributed by atoms with Crippen LogP contribution in [0, 0.1) is 5.92 Å². The molecule has 0 aromatic heterocycles. The van der Waals surface area contributed by atoms with E-state index in [1.54, 1.807) is 12.1 Å². The van der Waals surface area contributed by atoms with Crippen LogP contribution in [0.25, 0.3) is 0 Å². The van der Waals surface area contributed by atoms with Crippen LogP contribution in [0.1, 0.15) is 25.3 Å². The van der Waals surface area contributed by atoms with Gasteiger partial charge in [-0.1, -0.05) is 29.3 Å². The second-order valence-electron chi connectivity index (χ2n) is 4.73. The average molecular weight is 289 g/mol. The molecule has 0 bridgehead atoms. The van der Waals surface area contributed by atoms with Gasteiger partial charge in [-0.25, -0.2) is 0 Å². The molecule has 1 aliphatic carbocycles. The minimum Gasteiger partial charge on any atom is -0.390 e. The van der Waals surface area contributed by atoms with Gasteiger partial charge in [-0.15, -0.1) is 0 Å². The van der Waals surface area contributed by atoms with Gasteiger partial charge in [0.15, 0.2) is 0 Å². The summed E-state index contributed by atoms with van der Waals surface area (Å²) in [7, 11) is 0. The summed E-state index contributed by atoms with van der Waals surface area (Å²) >= 11 is 12.2. The molecule has 1 fully saturated rings. The highest BCUT2D eigenvalue weighted by Gasteiger charge is 2.36. The third-order valence-corrected chi connectivity index (χ3v) is 4.01. The van der Waals surface area contributed by atoms with E-state index in [9.17, 15) is 5.11 Å². The van der Waals surface area contributed by atoms with Gasteiger partial charge in [-0.3, -0.25) is 0 Å².